The summed E-state index contributed by atoms with van der Waals surface area (Å²) in [5.41, 5.74) is 1.57. The minimum absolute atomic E-state index is 0.0210. The second kappa shape index (κ2) is 9.00. The Bertz CT molecular complexity index is 624. The van der Waals surface area contributed by atoms with E-state index >= 15 is 0 Å². The molecule has 3 atom stereocenters. The van der Waals surface area contributed by atoms with Crippen LogP contribution < -0.4 is 10.6 Å². The minimum atomic E-state index is -0.455. The van der Waals surface area contributed by atoms with Crippen LogP contribution in [0.25, 0.3) is 0 Å². The number of pyridine rings is 1. The van der Waals surface area contributed by atoms with Crippen molar-refractivity contribution in [2.75, 3.05) is 12.4 Å². The first kappa shape index (κ1) is 20.2. The molecule has 0 radical (unpaired) electrons. The lowest BCUT2D eigenvalue weighted by atomic mass is 9.92. The van der Waals surface area contributed by atoms with Gasteiger partial charge in [-0.2, -0.15) is 0 Å². The van der Waals surface area contributed by atoms with Gasteiger partial charge in [0.15, 0.2) is 0 Å². The highest BCUT2D eigenvalue weighted by Gasteiger charge is 2.30. The molecule has 0 spiro atoms. The molecule has 1 heterocycles. The van der Waals surface area contributed by atoms with E-state index in [1.807, 2.05) is 26.0 Å². The number of anilines is 1. The topological polar surface area (TPSA) is 99.0 Å². The standard InChI is InChI=1S/C19H30N4O3/c1-11(13(3)24)12(2)22-14(4)23-18-7-6-15(10-21-18)19(20-5)26-17-8-16(25)9-17/h6-7,10-11,13-14,16-17,22,24-25H,2,8-9H2,1,3-5H3,(H,21,23)/b20-19+/t11-,13+,14?,16-,17-/m1/s1. The van der Waals surface area contributed by atoms with E-state index in [0.717, 1.165) is 11.3 Å². The summed E-state index contributed by atoms with van der Waals surface area (Å²) in [5, 5.41) is 25.5. The number of ether oxygens (including phenoxy) is 1. The van der Waals surface area contributed by atoms with Crippen molar-refractivity contribution in [1.82, 2.24) is 10.3 Å². The second-order valence-corrected chi connectivity index (χ2v) is 6.89. The van der Waals surface area contributed by atoms with Crippen LogP contribution in [0.2, 0.25) is 0 Å². The zero-order chi connectivity index (χ0) is 19.3. The fourth-order valence-electron chi connectivity index (χ4n) is 2.61. The van der Waals surface area contributed by atoms with Crippen molar-refractivity contribution in [3.63, 3.8) is 0 Å². The molecule has 26 heavy (non-hydrogen) atoms. The van der Waals surface area contributed by atoms with Crippen molar-refractivity contribution >= 4 is 11.7 Å². The van der Waals surface area contributed by atoms with E-state index in [4.69, 9.17) is 4.74 Å². The molecule has 0 aromatic carbocycles. The van der Waals surface area contributed by atoms with Gasteiger partial charge >= 0.3 is 0 Å². The van der Waals surface area contributed by atoms with Crippen molar-refractivity contribution in [3.05, 3.63) is 36.2 Å². The Morgan fingerprint density at radius 2 is 2.04 bits per heavy atom. The number of nitrogens with zero attached hydrogens (tertiary/aromatic N) is 2. The summed E-state index contributed by atoms with van der Waals surface area (Å²) >= 11 is 0. The van der Waals surface area contributed by atoms with E-state index in [-0.39, 0.29) is 24.3 Å². The molecule has 1 unspecified atom stereocenters. The van der Waals surface area contributed by atoms with Crippen molar-refractivity contribution in [3.8, 4) is 0 Å². The summed E-state index contributed by atoms with van der Waals surface area (Å²) < 4.78 is 5.80. The molecule has 2 rings (SSSR count). The third kappa shape index (κ3) is 5.44. The van der Waals surface area contributed by atoms with Crippen molar-refractivity contribution < 1.29 is 14.9 Å². The molecule has 1 saturated carbocycles. The molecule has 0 aliphatic heterocycles. The van der Waals surface area contributed by atoms with Gasteiger partial charge in [0, 0.05) is 37.7 Å². The molecular formula is C19H30N4O3. The molecule has 1 aliphatic rings. The molecule has 0 amide bonds. The lowest BCUT2D eigenvalue weighted by Gasteiger charge is -2.31. The van der Waals surface area contributed by atoms with E-state index in [9.17, 15) is 10.2 Å². The van der Waals surface area contributed by atoms with Crippen LogP contribution >= 0.6 is 0 Å². The fraction of sp³-hybridized carbons (Fsp3) is 0.579. The molecule has 1 fully saturated rings. The molecule has 4 N–H and O–H groups in total. The van der Waals surface area contributed by atoms with E-state index < -0.39 is 6.10 Å². The summed E-state index contributed by atoms with van der Waals surface area (Å²) in [6, 6.07) is 3.76. The van der Waals surface area contributed by atoms with Gasteiger partial charge in [-0.15, -0.1) is 0 Å². The van der Waals surface area contributed by atoms with Crippen molar-refractivity contribution in [1.29, 1.82) is 0 Å². The quantitative estimate of drug-likeness (QED) is 0.320. The summed E-state index contributed by atoms with van der Waals surface area (Å²) in [6.45, 7) is 9.60. The van der Waals surface area contributed by atoms with Gasteiger partial charge in [0.1, 0.15) is 11.9 Å². The van der Waals surface area contributed by atoms with Crippen molar-refractivity contribution in [2.24, 2.45) is 10.9 Å². The SMILES string of the molecule is C=C(NC(C)Nc1ccc(/C(=N\C)O[C@H]2C[C@H](O)C2)cn1)[C@@H](C)[C@H](C)O. The molecule has 1 aliphatic carbocycles. The van der Waals surface area contributed by atoms with Gasteiger partial charge < -0.3 is 25.6 Å². The molecule has 1 aromatic heterocycles. The van der Waals surface area contributed by atoms with E-state index in [1.165, 1.54) is 0 Å². The Kier molecular flexibility index (Phi) is 6.99. The number of aliphatic hydroxyl groups is 2. The number of aliphatic hydroxyl groups excluding tert-OH is 2. The predicted octanol–water partition coefficient (Wildman–Crippen LogP) is 1.88. The van der Waals surface area contributed by atoms with Crippen LogP contribution in [-0.4, -0.2) is 52.6 Å². The van der Waals surface area contributed by atoms with Crippen LogP contribution in [0.15, 0.2) is 35.6 Å². The number of aliphatic imine (C=N–C) groups is 1. The molecule has 144 valence electrons. The first-order chi connectivity index (χ1) is 12.3. The van der Waals surface area contributed by atoms with E-state index in [1.54, 1.807) is 20.2 Å². The fourth-order valence-corrected chi connectivity index (χ4v) is 2.61. The number of rotatable bonds is 8. The number of nitrogens with one attached hydrogen (secondary N) is 2. The maximum absolute atomic E-state index is 9.63. The average Bonchev–Trinajstić information content (AvgIpc) is 2.57. The van der Waals surface area contributed by atoms with E-state index in [2.05, 4.69) is 27.2 Å². The lowest BCUT2D eigenvalue weighted by molar-refractivity contribution is -0.0169. The third-order valence-corrected chi connectivity index (χ3v) is 4.60. The average molecular weight is 362 g/mol. The number of aromatic nitrogens is 1. The van der Waals surface area contributed by atoms with Gasteiger partial charge in [0.2, 0.25) is 5.90 Å². The zero-order valence-electron chi connectivity index (χ0n) is 15.9. The summed E-state index contributed by atoms with van der Waals surface area (Å²) in [5.74, 6) is 1.20. The molecule has 1 aromatic rings. The van der Waals surface area contributed by atoms with Crippen LogP contribution in [0.4, 0.5) is 5.82 Å². The Hall–Kier alpha value is -2.12. The Morgan fingerprint density at radius 3 is 2.54 bits per heavy atom. The lowest BCUT2D eigenvalue weighted by Crippen LogP contribution is -2.37. The summed E-state index contributed by atoms with van der Waals surface area (Å²) in [4.78, 5) is 8.58. The Morgan fingerprint density at radius 1 is 1.35 bits per heavy atom. The molecule has 7 heteroatoms. The normalized spacial score (nSPS) is 23.4. The summed E-state index contributed by atoms with van der Waals surface area (Å²) in [6.07, 6.45) is 2.21. The Balaban J connectivity index is 1.89. The largest absolute Gasteiger partial charge is 0.474 e. The van der Waals surface area contributed by atoms with Gasteiger partial charge in [-0.1, -0.05) is 13.5 Å². The minimum Gasteiger partial charge on any atom is -0.474 e. The molecule has 7 nitrogen and oxygen atoms in total. The summed E-state index contributed by atoms with van der Waals surface area (Å²) in [7, 11) is 1.68. The van der Waals surface area contributed by atoms with E-state index in [0.29, 0.717) is 24.6 Å². The molecule has 0 bridgehead atoms. The number of hydrogen-bond acceptors (Lipinski definition) is 7. The smallest absolute Gasteiger partial charge is 0.217 e. The van der Waals surface area contributed by atoms with Gasteiger partial charge in [-0.3, -0.25) is 4.99 Å². The first-order valence-corrected chi connectivity index (χ1v) is 8.98. The van der Waals surface area contributed by atoms with Gasteiger partial charge in [-0.25, -0.2) is 4.98 Å². The second-order valence-electron chi connectivity index (χ2n) is 6.89. The highest BCUT2D eigenvalue weighted by molar-refractivity contribution is 5.94. The maximum atomic E-state index is 9.63. The van der Waals surface area contributed by atoms with Crippen LogP contribution in [0.1, 0.15) is 39.2 Å². The highest BCUT2D eigenvalue weighted by Crippen LogP contribution is 2.24. The van der Waals surface area contributed by atoms with Gasteiger partial charge in [0.05, 0.1) is 23.9 Å². The van der Waals surface area contributed by atoms with Crippen LogP contribution in [0.3, 0.4) is 0 Å². The predicted molar refractivity (Wildman–Crippen MR) is 103 cm³/mol. The van der Waals surface area contributed by atoms with Crippen LogP contribution in [-0.2, 0) is 4.74 Å². The van der Waals surface area contributed by atoms with Gasteiger partial charge in [0.25, 0.3) is 0 Å². The maximum Gasteiger partial charge on any atom is 0.217 e. The number of hydrogen-bond donors (Lipinski definition) is 4. The zero-order valence-corrected chi connectivity index (χ0v) is 15.9. The van der Waals surface area contributed by atoms with Crippen LogP contribution in [0, 0.1) is 5.92 Å². The first-order valence-electron chi connectivity index (χ1n) is 8.98. The monoisotopic (exact) mass is 362 g/mol. The highest BCUT2D eigenvalue weighted by atomic mass is 16.5. The third-order valence-electron chi connectivity index (χ3n) is 4.60. The molecule has 0 saturated heterocycles. The molecular weight excluding hydrogens is 332 g/mol. The Labute approximate surface area is 155 Å². The van der Waals surface area contributed by atoms with Crippen molar-refractivity contribution in [2.45, 2.75) is 58.1 Å². The van der Waals surface area contributed by atoms with Crippen LogP contribution in [0.5, 0.6) is 0 Å². The van der Waals surface area contributed by atoms with Gasteiger partial charge in [-0.05, 0) is 26.0 Å².